The van der Waals surface area contributed by atoms with Crippen molar-refractivity contribution in [3.8, 4) is 0 Å². The largest absolute Gasteiger partial charge is 0.399 e. The Morgan fingerprint density at radius 2 is 2.11 bits per heavy atom. The molecular weight excluding hydrogens is 290 g/mol. The molecule has 1 aliphatic rings. The summed E-state index contributed by atoms with van der Waals surface area (Å²) in [5, 5.41) is 3.22. The molecule has 0 aromatic heterocycles. The molecule has 19 heavy (non-hydrogen) atoms. The van der Waals surface area contributed by atoms with E-state index in [2.05, 4.69) is 5.16 Å². The van der Waals surface area contributed by atoms with Gasteiger partial charge in [-0.3, -0.25) is 4.79 Å². The maximum Gasteiger partial charge on any atom is 0.252 e. The van der Waals surface area contributed by atoms with Crippen LogP contribution in [0, 0.1) is 6.92 Å². The van der Waals surface area contributed by atoms with Gasteiger partial charge < -0.3 is 4.84 Å². The molecule has 0 spiro atoms. The van der Waals surface area contributed by atoms with Crippen LogP contribution < -0.4 is 0 Å². The van der Waals surface area contributed by atoms with Crippen molar-refractivity contribution in [3.05, 3.63) is 28.8 Å². The molecule has 1 aliphatic heterocycles. The summed E-state index contributed by atoms with van der Waals surface area (Å²) in [6.45, 7) is 1.65. The molecule has 0 saturated heterocycles. The Morgan fingerprint density at radius 3 is 2.68 bits per heavy atom. The quantitative estimate of drug-likeness (QED) is 0.618. The van der Waals surface area contributed by atoms with E-state index in [4.69, 9.17) is 16.4 Å². The number of fused-ring (bicyclic) bond motifs is 1. The summed E-state index contributed by atoms with van der Waals surface area (Å²) in [6.07, 6.45) is 0.254. The van der Waals surface area contributed by atoms with Crippen molar-refractivity contribution in [2.24, 2.45) is 5.16 Å². The number of rotatable bonds is 2. The first-order valence-corrected chi connectivity index (χ1v) is 7.58. The Bertz CT molecular complexity index is 679. The summed E-state index contributed by atoms with van der Waals surface area (Å²) in [5.41, 5.74) is 1.74. The Labute approximate surface area is 116 Å². The van der Waals surface area contributed by atoms with Gasteiger partial charge in [-0.25, -0.2) is 8.42 Å². The maximum atomic E-state index is 12.0. The molecule has 2 rings (SSSR count). The van der Waals surface area contributed by atoms with Crippen molar-refractivity contribution in [2.45, 2.75) is 18.2 Å². The third-order valence-electron chi connectivity index (χ3n) is 3.07. The predicted octanol–water partition coefficient (Wildman–Crippen LogP) is 1.90. The molecule has 1 aromatic carbocycles. The number of oxime groups is 1. The predicted molar refractivity (Wildman–Crippen MR) is 71.6 cm³/mol. The lowest BCUT2D eigenvalue weighted by molar-refractivity contribution is 0.108. The van der Waals surface area contributed by atoms with Crippen LogP contribution in [0.5, 0.6) is 0 Å². The van der Waals surface area contributed by atoms with E-state index < -0.39 is 15.1 Å². The zero-order chi connectivity index (χ0) is 14.2. The molecule has 7 heteroatoms. The number of halogens is 1. The van der Waals surface area contributed by atoms with Gasteiger partial charge in [0, 0.05) is 17.5 Å². The van der Waals surface area contributed by atoms with Crippen LogP contribution in [-0.2, 0) is 14.7 Å². The molecule has 0 radical (unpaired) electrons. The molecule has 5 nitrogen and oxygen atoms in total. The fraction of sp³-hybridized carbons (Fsp3) is 0.333. The van der Waals surface area contributed by atoms with Crippen LogP contribution in [0.3, 0.4) is 0 Å². The number of carbonyl (C=O) groups is 1. The van der Waals surface area contributed by atoms with Crippen LogP contribution >= 0.6 is 11.6 Å². The first-order chi connectivity index (χ1) is 8.88. The zero-order valence-electron chi connectivity index (χ0n) is 10.4. The van der Waals surface area contributed by atoms with E-state index >= 15 is 0 Å². The minimum Gasteiger partial charge on any atom is -0.399 e. The molecule has 0 atom stereocenters. The first kappa shape index (κ1) is 14.0. The van der Waals surface area contributed by atoms with Crippen molar-refractivity contribution >= 4 is 32.4 Å². The van der Waals surface area contributed by atoms with Crippen molar-refractivity contribution in [3.63, 3.8) is 0 Å². The van der Waals surface area contributed by atoms with E-state index in [1.807, 2.05) is 0 Å². The van der Waals surface area contributed by atoms with Gasteiger partial charge in [0.1, 0.15) is 7.11 Å². The lowest BCUT2D eigenvalue weighted by Crippen LogP contribution is -2.24. The van der Waals surface area contributed by atoms with E-state index in [0.717, 1.165) is 0 Å². The molecule has 0 amide bonds. The SMILES string of the molecule is CON=C1CCS(=O)(=O)c2ccc(C(=O)Cl)c(C)c21. The summed E-state index contributed by atoms with van der Waals surface area (Å²) < 4.78 is 24.1. The van der Waals surface area contributed by atoms with Gasteiger partial charge in [0.25, 0.3) is 5.24 Å². The highest BCUT2D eigenvalue weighted by atomic mass is 35.5. The Kier molecular flexibility index (Phi) is 3.64. The molecule has 0 saturated carbocycles. The van der Waals surface area contributed by atoms with Gasteiger partial charge in [0.2, 0.25) is 0 Å². The molecule has 0 aliphatic carbocycles. The second kappa shape index (κ2) is 4.94. The average molecular weight is 302 g/mol. The number of hydrogen-bond donors (Lipinski definition) is 0. The average Bonchev–Trinajstić information content (AvgIpc) is 2.33. The van der Waals surface area contributed by atoms with Crippen molar-refractivity contribution in [1.82, 2.24) is 0 Å². The third kappa shape index (κ3) is 2.37. The van der Waals surface area contributed by atoms with Gasteiger partial charge in [-0.1, -0.05) is 5.16 Å². The van der Waals surface area contributed by atoms with Gasteiger partial charge >= 0.3 is 0 Å². The molecule has 0 unspecified atom stereocenters. The fourth-order valence-corrected chi connectivity index (χ4v) is 3.93. The van der Waals surface area contributed by atoms with Gasteiger partial charge in [0.05, 0.1) is 16.4 Å². The molecule has 0 fully saturated rings. The molecule has 1 heterocycles. The lowest BCUT2D eigenvalue weighted by atomic mass is 9.97. The van der Waals surface area contributed by atoms with E-state index in [0.29, 0.717) is 16.8 Å². The standard InChI is InChI=1S/C12H12ClNO4S/c1-7-8(12(13)15)3-4-10-11(7)9(14-18-2)5-6-19(10,16)17/h3-4H,5-6H2,1-2H3. The summed E-state index contributed by atoms with van der Waals surface area (Å²) in [4.78, 5) is 16.2. The minimum absolute atomic E-state index is 0.0181. The number of sulfone groups is 1. The Balaban J connectivity index is 2.81. The zero-order valence-corrected chi connectivity index (χ0v) is 12.0. The van der Waals surface area contributed by atoms with Crippen LogP contribution in [0.1, 0.15) is 27.9 Å². The summed E-state index contributed by atoms with van der Waals surface area (Å²) in [6, 6.07) is 2.83. The molecular formula is C12H12ClNO4S. The maximum absolute atomic E-state index is 12.0. The highest BCUT2D eigenvalue weighted by molar-refractivity contribution is 7.91. The van der Waals surface area contributed by atoms with Gasteiger partial charge in [-0.2, -0.15) is 0 Å². The van der Waals surface area contributed by atoms with Crippen LogP contribution in [-0.4, -0.2) is 32.2 Å². The Morgan fingerprint density at radius 1 is 1.42 bits per heavy atom. The van der Waals surface area contributed by atoms with Crippen LogP contribution in [0.25, 0.3) is 0 Å². The third-order valence-corrected chi connectivity index (χ3v) is 5.03. The topological polar surface area (TPSA) is 72.8 Å². The smallest absolute Gasteiger partial charge is 0.252 e. The monoisotopic (exact) mass is 301 g/mol. The van der Waals surface area contributed by atoms with Crippen LogP contribution in [0.15, 0.2) is 22.2 Å². The second-order valence-electron chi connectivity index (χ2n) is 4.17. The minimum atomic E-state index is -3.35. The van der Waals surface area contributed by atoms with Crippen LogP contribution in [0.4, 0.5) is 0 Å². The second-order valence-corrected chi connectivity index (χ2v) is 6.60. The Hall–Kier alpha value is -1.40. The fourth-order valence-electron chi connectivity index (χ4n) is 2.19. The van der Waals surface area contributed by atoms with E-state index in [9.17, 15) is 13.2 Å². The van der Waals surface area contributed by atoms with Crippen molar-refractivity contribution < 1.29 is 18.0 Å². The van der Waals surface area contributed by atoms with E-state index in [-0.39, 0.29) is 22.6 Å². The number of hydrogen-bond acceptors (Lipinski definition) is 5. The number of carbonyl (C=O) groups excluding carboxylic acids is 1. The highest BCUT2D eigenvalue weighted by Gasteiger charge is 2.31. The number of benzene rings is 1. The van der Waals surface area contributed by atoms with Gasteiger partial charge in [0.15, 0.2) is 9.84 Å². The molecule has 102 valence electrons. The van der Waals surface area contributed by atoms with Crippen LogP contribution in [0.2, 0.25) is 0 Å². The lowest BCUT2D eigenvalue weighted by Gasteiger charge is -2.20. The highest BCUT2D eigenvalue weighted by Crippen LogP contribution is 2.30. The molecule has 0 N–H and O–H groups in total. The molecule has 1 aromatic rings. The van der Waals surface area contributed by atoms with Crippen molar-refractivity contribution in [1.29, 1.82) is 0 Å². The summed E-state index contributed by atoms with van der Waals surface area (Å²) >= 11 is 5.49. The molecule has 0 bridgehead atoms. The normalized spacial score (nSPS) is 19.0. The summed E-state index contributed by atoms with van der Waals surface area (Å²) in [7, 11) is -1.96. The van der Waals surface area contributed by atoms with Crippen molar-refractivity contribution in [2.75, 3.05) is 12.9 Å². The van der Waals surface area contributed by atoms with Gasteiger partial charge in [-0.05, 0) is 36.2 Å². The number of nitrogens with zero attached hydrogens (tertiary/aromatic N) is 1. The first-order valence-electron chi connectivity index (χ1n) is 5.55. The van der Waals surface area contributed by atoms with E-state index in [1.165, 1.54) is 19.2 Å². The van der Waals surface area contributed by atoms with Gasteiger partial charge in [-0.15, -0.1) is 0 Å². The summed E-state index contributed by atoms with van der Waals surface area (Å²) in [5.74, 6) is -0.0181. The van der Waals surface area contributed by atoms with E-state index in [1.54, 1.807) is 6.92 Å².